The Hall–Kier alpha value is -1.39. The summed E-state index contributed by atoms with van der Waals surface area (Å²) in [6.45, 7) is 2.09. The average molecular weight is 247 g/mol. The Labute approximate surface area is 108 Å². The van der Waals surface area contributed by atoms with Crippen LogP contribution in [0.3, 0.4) is 0 Å². The highest BCUT2D eigenvalue weighted by Gasteiger charge is 2.26. The summed E-state index contributed by atoms with van der Waals surface area (Å²) in [6, 6.07) is 10.1. The maximum absolute atomic E-state index is 12.2. The number of likely N-dealkylation sites (tertiary alicyclic amines) is 1. The molecule has 0 saturated carbocycles. The summed E-state index contributed by atoms with van der Waals surface area (Å²) in [5.41, 5.74) is 6.66. The van der Waals surface area contributed by atoms with Crippen molar-refractivity contribution < 1.29 is 4.79 Å². The molecule has 0 aliphatic carbocycles. The van der Waals surface area contributed by atoms with Gasteiger partial charge in [0.05, 0.1) is 6.54 Å². The molecule has 4 nitrogen and oxygen atoms in total. The fourth-order valence-electron chi connectivity index (χ4n) is 2.45. The predicted molar refractivity (Wildman–Crippen MR) is 73.5 cm³/mol. The zero-order valence-electron chi connectivity index (χ0n) is 10.9. The first-order valence-electron chi connectivity index (χ1n) is 6.48. The van der Waals surface area contributed by atoms with Crippen LogP contribution in [0.1, 0.15) is 12.8 Å². The van der Waals surface area contributed by atoms with E-state index in [4.69, 9.17) is 5.73 Å². The molecule has 4 heteroatoms. The van der Waals surface area contributed by atoms with Gasteiger partial charge in [-0.1, -0.05) is 18.2 Å². The molecule has 0 radical (unpaired) electrons. The number of amides is 1. The largest absolute Gasteiger partial charge is 0.329 e. The number of carbonyl (C=O) groups excluding carboxylic acids is 1. The van der Waals surface area contributed by atoms with Crippen LogP contribution in [0.5, 0.6) is 0 Å². The number of hydrogen-bond acceptors (Lipinski definition) is 3. The minimum absolute atomic E-state index is 0.126. The molecular weight excluding hydrogens is 226 g/mol. The van der Waals surface area contributed by atoms with Gasteiger partial charge in [-0.05, 0) is 31.5 Å². The number of likely N-dealkylation sites (N-methyl/N-ethyl adjacent to an activating group) is 1. The average Bonchev–Trinajstić information content (AvgIpc) is 2.86. The molecule has 2 N–H and O–H groups in total. The van der Waals surface area contributed by atoms with Crippen molar-refractivity contribution in [3.8, 4) is 0 Å². The van der Waals surface area contributed by atoms with E-state index in [2.05, 4.69) is 4.90 Å². The molecule has 0 aromatic heterocycles. The molecule has 1 aromatic carbocycles. The van der Waals surface area contributed by atoms with Crippen molar-refractivity contribution in [1.29, 1.82) is 0 Å². The molecule has 1 fully saturated rings. The van der Waals surface area contributed by atoms with Crippen molar-refractivity contribution in [2.24, 2.45) is 5.73 Å². The molecule has 1 aliphatic rings. The number of carbonyl (C=O) groups is 1. The highest BCUT2D eigenvalue weighted by atomic mass is 16.2. The van der Waals surface area contributed by atoms with E-state index in [1.165, 1.54) is 0 Å². The monoisotopic (exact) mass is 247 g/mol. The molecule has 1 saturated heterocycles. The summed E-state index contributed by atoms with van der Waals surface area (Å²) in [6.07, 6.45) is 2.25. The second kappa shape index (κ2) is 5.98. The van der Waals surface area contributed by atoms with Crippen molar-refractivity contribution in [1.82, 2.24) is 4.90 Å². The Morgan fingerprint density at radius 3 is 2.83 bits per heavy atom. The Morgan fingerprint density at radius 2 is 2.17 bits per heavy atom. The first-order chi connectivity index (χ1) is 8.72. The van der Waals surface area contributed by atoms with Crippen molar-refractivity contribution >= 4 is 11.6 Å². The third kappa shape index (κ3) is 2.89. The van der Waals surface area contributed by atoms with Gasteiger partial charge < -0.3 is 10.6 Å². The van der Waals surface area contributed by atoms with Gasteiger partial charge in [0, 0.05) is 25.3 Å². The Bertz CT molecular complexity index is 393. The van der Waals surface area contributed by atoms with Gasteiger partial charge in [0.2, 0.25) is 5.91 Å². The number of benzene rings is 1. The van der Waals surface area contributed by atoms with E-state index in [0.29, 0.717) is 19.1 Å². The molecule has 1 unspecified atom stereocenters. The van der Waals surface area contributed by atoms with Crippen LogP contribution < -0.4 is 10.6 Å². The lowest BCUT2D eigenvalue weighted by atomic mass is 10.2. The van der Waals surface area contributed by atoms with Gasteiger partial charge in [0.1, 0.15) is 0 Å². The predicted octanol–water partition coefficient (Wildman–Crippen LogP) is 1.07. The minimum Gasteiger partial charge on any atom is -0.329 e. The van der Waals surface area contributed by atoms with Gasteiger partial charge in [-0.15, -0.1) is 0 Å². The lowest BCUT2D eigenvalue weighted by Gasteiger charge is -2.25. The number of para-hydroxylation sites is 1. The van der Waals surface area contributed by atoms with Crippen molar-refractivity contribution in [3.05, 3.63) is 30.3 Å². The van der Waals surface area contributed by atoms with Crippen LogP contribution in [0.25, 0.3) is 0 Å². The number of hydrogen-bond donors (Lipinski definition) is 1. The summed E-state index contributed by atoms with van der Waals surface area (Å²) in [5, 5.41) is 0. The lowest BCUT2D eigenvalue weighted by Crippen LogP contribution is -2.43. The van der Waals surface area contributed by atoms with Crippen molar-refractivity contribution in [2.75, 3.05) is 31.6 Å². The summed E-state index contributed by atoms with van der Waals surface area (Å²) < 4.78 is 0. The Kier molecular flexibility index (Phi) is 4.33. The highest BCUT2D eigenvalue weighted by Crippen LogP contribution is 2.17. The number of anilines is 1. The van der Waals surface area contributed by atoms with Crippen LogP contribution in [0, 0.1) is 0 Å². The van der Waals surface area contributed by atoms with Gasteiger partial charge in [-0.25, -0.2) is 0 Å². The Morgan fingerprint density at radius 1 is 1.44 bits per heavy atom. The minimum atomic E-state index is 0.126. The third-order valence-corrected chi connectivity index (χ3v) is 3.63. The molecule has 2 rings (SSSR count). The molecule has 18 heavy (non-hydrogen) atoms. The van der Waals surface area contributed by atoms with Crippen molar-refractivity contribution in [3.63, 3.8) is 0 Å². The standard InChI is InChI=1S/C14H21N3O/c1-16(12-6-3-2-4-7-12)14(18)11-17-9-5-8-13(17)10-15/h2-4,6-7,13H,5,8-11,15H2,1H3. The molecular formula is C14H21N3O. The van der Waals surface area contributed by atoms with Gasteiger partial charge in [0.15, 0.2) is 0 Å². The maximum atomic E-state index is 12.2. The second-order valence-electron chi connectivity index (χ2n) is 4.79. The first kappa shape index (κ1) is 13.1. The van der Waals surface area contributed by atoms with E-state index in [-0.39, 0.29) is 5.91 Å². The molecule has 98 valence electrons. The molecule has 1 heterocycles. The van der Waals surface area contributed by atoms with Crippen LogP contribution in [-0.2, 0) is 4.79 Å². The lowest BCUT2D eigenvalue weighted by molar-refractivity contribution is -0.119. The molecule has 0 bridgehead atoms. The molecule has 0 spiro atoms. The summed E-state index contributed by atoms with van der Waals surface area (Å²) in [4.78, 5) is 16.1. The normalized spacial score (nSPS) is 20.0. The van der Waals surface area contributed by atoms with Gasteiger partial charge in [-0.2, -0.15) is 0 Å². The van der Waals surface area contributed by atoms with Gasteiger partial charge >= 0.3 is 0 Å². The topological polar surface area (TPSA) is 49.6 Å². The van der Waals surface area contributed by atoms with E-state index >= 15 is 0 Å². The smallest absolute Gasteiger partial charge is 0.240 e. The van der Waals surface area contributed by atoms with E-state index in [1.807, 2.05) is 37.4 Å². The van der Waals surface area contributed by atoms with Gasteiger partial charge in [0.25, 0.3) is 0 Å². The third-order valence-electron chi connectivity index (χ3n) is 3.63. The number of nitrogens with zero attached hydrogens (tertiary/aromatic N) is 2. The molecule has 1 amide bonds. The van der Waals surface area contributed by atoms with Crippen LogP contribution in [0.2, 0.25) is 0 Å². The van der Waals surface area contributed by atoms with Crippen LogP contribution in [0.15, 0.2) is 30.3 Å². The van der Waals surface area contributed by atoms with Crippen molar-refractivity contribution in [2.45, 2.75) is 18.9 Å². The SMILES string of the molecule is CN(C(=O)CN1CCCC1CN)c1ccccc1. The van der Waals surface area contributed by atoms with E-state index in [1.54, 1.807) is 4.90 Å². The fourth-order valence-corrected chi connectivity index (χ4v) is 2.45. The quantitative estimate of drug-likeness (QED) is 0.866. The number of nitrogens with two attached hydrogens (primary N) is 1. The maximum Gasteiger partial charge on any atom is 0.240 e. The summed E-state index contributed by atoms with van der Waals surface area (Å²) >= 11 is 0. The zero-order chi connectivity index (χ0) is 13.0. The first-order valence-corrected chi connectivity index (χ1v) is 6.48. The second-order valence-corrected chi connectivity index (χ2v) is 4.79. The molecule has 1 aromatic rings. The summed E-state index contributed by atoms with van der Waals surface area (Å²) in [5.74, 6) is 0.126. The van der Waals surface area contributed by atoms with E-state index in [0.717, 1.165) is 25.1 Å². The van der Waals surface area contributed by atoms with Crippen LogP contribution in [0.4, 0.5) is 5.69 Å². The van der Waals surface area contributed by atoms with Crippen LogP contribution >= 0.6 is 0 Å². The Balaban J connectivity index is 1.95. The van der Waals surface area contributed by atoms with Gasteiger partial charge in [-0.3, -0.25) is 9.69 Å². The molecule has 1 aliphatic heterocycles. The highest BCUT2D eigenvalue weighted by molar-refractivity contribution is 5.94. The fraction of sp³-hybridized carbons (Fsp3) is 0.500. The van der Waals surface area contributed by atoms with E-state index in [9.17, 15) is 4.79 Å². The number of rotatable bonds is 4. The molecule has 1 atom stereocenters. The summed E-state index contributed by atoms with van der Waals surface area (Å²) in [7, 11) is 1.82. The zero-order valence-corrected chi connectivity index (χ0v) is 10.9. The van der Waals surface area contributed by atoms with E-state index < -0.39 is 0 Å². The van der Waals surface area contributed by atoms with Crippen LogP contribution in [-0.4, -0.2) is 43.5 Å².